The van der Waals surface area contributed by atoms with Gasteiger partial charge in [0.25, 0.3) is 0 Å². The smallest absolute Gasteiger partial charge is 0.231 e. The Kier molecular flexibility index (Phi) is 4.68. The van der Waals surface area contributed by atoms with Gasteiger partial charge in [-0.15, -0.1) is 0 Å². The first-order chi connectivity index (χ1) is 9.45. The quantitative estimate of drug-likeness (QED) is 0.855. The Balaban J connectivity index is 2.20. The van der Waals surface area contributed by atoms with Gasteiger partial charge in [0.1, 0.15) is 0 Å². The molecule has 6 heteroatoms. The van der Waals surface area contributed by atoms with Gasteiger partial charge in [-0.1, -0.05) is 13.8 Å². The molecule has 0 aromatic carbocycles. The van der Waals surface area contributed by atoms with Crippen LogP contribution in [0, 0.1) is 5.41 Å². The number of piperidine rings is 1. The van der Waals surface area contributed by atoms with Crippen molar-refractivity contribution >= 4 is 23.5 Å². The lowest BCUT2D eigenvalue weighted by Gasteiger charge is -2.37. The lowest BCUT2D eigenvalue weighted by Crippen LogP contribution is -2.38. The maximum Gasteiger partial charge on any atom is 0.231 e. The van der Waals surface area contributed by atoms with Gasteiger partial charge in [-0.2, -0.15) is 15.0 Å². The Morgan fingerprint density at radius 1 is 1.10 bits per heavy atom. The molecule has 5 nitrogen and oxygen atoms in total. The summed E-state index contributed by atoms with van der Waals surface area (Å²) in [5.74, 6) is 1.39. The Morgan fingerprint density at radius 2 is 1.70 bits per heavy atom. The van der Waals surface area contributed by atoms with Crippen LogP contribution in [-0.4, -0.2) is 41.1 Å². The van der Waals surface area contributed by atoms with Gasteiger partial charge in [0.2, 0.25) is 17.2 Å². The molecule has 1 fully saturated rings. The van der Waals surface area contributed by atoms with Gasteiger partial charge in [-0.05, 0) is 43.7 Å². The highest BCUT2D eigenvalue weighted by Crippen LogP contribution is 2.31. The molecule has 2 heterocycles. The molecule has 1 aliphatic heterocycles. The molecule has 20 heavy (non-hydrogen) atoms. The van der Waals surface area contributed by atoms with Crippen molar-refractivity contribution < 1.29 is 0 Å². The predicted molar refractivity (Wildman–Crippen MR) is 83.6 cm³/mol. The van der Waals surface area contributed by atoms with E-state index < -0.39 is 0 Å². The number of hydrogen-bond donors (Lipinski definition) is 0. The fourth-order valence-corrected chi connectivity index (χ4v) is 2.58. The Labute approximate surface area is 126 Å². The van der Waals surface area contributed by atoms with E-state index in [-0.39, 0.29) is 5.28 Å². The summed E-state index contributed by atoms with van der Waals surface area (Å²) in [4.78, 5) is 17.4. The summed E-state index contributed by atoms with van der Waals surface area (Å²) in [6, 6.07) is 0. The van der Waals surface area contributed by atoms with Crippen molar-refractivity contribution in [3.8, 4) is 0 Å². The summed E-state index contributed by atoms with van der Waals surface area (Å²) in [7, 11) is 0. The first-order valence-corrected chi connectivity index (χ1v) is 7.74. The zero-order chi connectivity index (χ0) is 14.8. The molecule has 0 amide bonds. The number of hydrogen-bond acceptors (Lipinski definition) is 5. The van der Waals surface area contributed by atoms with Crippen LogP contribution < -0.4 is 9.80 Å². The van der Waals surface area contributed by atoms with E-state index in [0.717, 1.165) is 39.0 Å². The van der Waals surface area contributed by atoms with Crippen LogP contribution in [-0.2, 0) is 0 Å². The van der Waals surface area contributed by atoms with E-state index in [1.54, 1.807) is 0 Å². The predicted octanol–water partition coefficient (Wildman–Crippen LogP) is 3.00. The Bertz CT molecular complexity index is 449. The van der Waals surface area contributed by atoms with Crippen LogP contribution in [0.3, 0.4) is 0 Å². The zero-order valence-corrected chi connectivity index (χ0v) is 13.6. The van der Waals surface area contributed by atoms with E-state index in [0.29, 0.717) is 17.3 Å². The maximum absolute atomic E-state index is 6.07. The van der Waals surface area contributed by atoms with E-state index in [4.69, 9.17) is 11.6 Å². The third kappa shape index (κ3) is 3.51. The van der Waals surface area contributed by atoms with Crippen molar-refractivity contribution in [1.82, 2.24) is 15.0 Å². The van der Waals surface area contributed by atoms with Crippen LogP contribution in [0.25, 0.3) is 0 Å². The summed E-state index contributed by atoms with van der Waals surface area (Å²) >= 11 is 6.07. The molecule has 0 unspecified atom stereocenters. The van der Waals surface area contributed by atoms with E-state index in [1.807, 2.05) is 0 Å². The van der Waals surface area contributed by atoms with E-state index >= 15 is 0 Å². The highest BCUT2D eigenvalue weighted by Gasteiger charge is 2.27. The molecule has 1 aromatic rings. The van der Waals surface area contributed by atoms with Crippen molar-refractivity contribution in [1.29, 1.82) is 0 Å². The van der Waals surface area contributed by atoms with Gasteiger partial charge in [0, 0.05) is 26.2 Å². The van der Waals surface area contributed by atoms with Gasteiger partial charge in [0.15, 0.2) is 0 Å². The lowest BCUT2D eigenvalue weighted by atomic mass is 9.83. The molecule has 0 spiro atoms. The molecule has 1 saturated heterocycles. The molecular formula is C14H24ClN5. The van der Waals surface area contributed by atoms with Crippen molar-refractivity contribution in [3.05, 3.63) is 5.28 Å². The van der Waals surface area contributed by atoms with Crippen LogP contribution in [0.1, 0.15) is 40.5 Å². The molecule has 0 atom stereocenters. The van der Waals surface area contributed by atoms with Gasteiger partial charge >= 0.3 is 0 Å². The minimum Gasteiger partial charge on any atom is -0.341 e. The van der Waals surface area contributed by atoms with Crippen molar-refractivity contribution in [2.45, 2.75) is 40.5 Å². The fourth-order valence-electron chi connectivity index (χ4n) is 2.43. The fraction of sp³-hybridized carbons (Fsp3) is 0.786. The van der Waals surface area contributed by atoms with Crippen LogP contribution in [0.15, 0.2) is 0 Å². The second kappa shape index (κ2) is 6.12. The first kappa shape index (κ1) is 15.3. The minimum atomic E-state index is 0.279. The average molecular weight is 298 g/mol. The molecular weight excluding hydrogens is 274 g/mol. The van der Waals surface area contributed by atoms with Gasteiger partial charge in [-0.25, -0.2) is 0 Å². The minimum absolute atomic E-state index is 0.279. The number of aromatic nitrogens is 3. The van der Waals surface area contributed by atoms with Crippen LogP contribution in [0.5, 0.6) is 0 Å². The molecule has 112 valence electrons. The van der Waals surface area contributed by atoms with Gasteiger partial charge in [0.05, 0.1) is 0 Å². The van der Waals surface area contributed by atoms with Crippen molar-refractivity contribution in [3.63, 3.8) is 0 Å². The van der Waals surface area contributed by atoms with E-state index in [2.05, 4.69) is 52.4 Å². The average Bonchev–Trinajstić information content (AvgIpc) is 2.39. The Morgan fingerprint density at radius 3 is 2.25 bits per heavy atom. The maximum atomic E-state index is 6.07. The summed E-state index contributed by atoms with van der Waals surface area (Å²) < 4.78 is 0. The largest absolute Gasteiger partial charge is 0.341 e. The van der Waals surface area contributed by atoms with E-state index in [1.165, 1.54) is 0 Å². The third-order valence-corrected chi connectivity index (χ3v) is 4.20. The van der Waals surface area contributed by atoms with Crippen molar-refractivity contribution in [2.75, 3.05) is 36.0 Å². The molecule has 0 bridgehead atoms. The van der Waals surface area contributed by atoms with Gasteiger partial charge in [-0.3, -0.25) is 0 Å². The number of rotatable bonds is 4. The highest BCUT2D eigenvalue weighted by atomic mass is 35.5. The highest BCUT2D eigenvalue weighted by molar-refractivity contribution is 6.28. The van der Waals surface area contributed by atoms with Gasteiger partial charge < -0.3 is 9.80 Å². The second-order valence-corrected chi connectivity index (χ2v) is 6.37. The summed E-state index contributed by atoms with van der Waals surface area (Å²) in [5.41, 5.74) is 0.412. The lowest BCUT2D eigenvalue weighted by molar-refractivity contribution is 0.278. The number of anilines is 2. The number of halogens is 1. The van der Waals surface area contributed by atoms with Crippen LogP contribution in [0.4, 0.5) is 11.9 Å². The summed E-state index contributed by atoms with van der Waals surface area (Å²) in [5, 5.41) is 0.279. The summed E-state index contributed by atoms with van der Waals surface area (Å²) in [6.45, 7) is 12.5. The van der Waals surface area contributed by atoms with Crippen molar-refractivity contribution in [2.24, 2.45) is 5.41 Å². The van der Waals surface area contributed by atoms with Crippen LogP contribution in [0.2, 0.25) is 5.28 Å². The molecule has 2 rings (SSSR count). The zero-order valence-electron chi connectivity index (χ0n) is 12.9. The summed E-state index contributed by atoms with van der Waals surface area (Å²) in [6.07, 6.45) is 2.30. The monoisotopic (exact) mass is 297 g/mol. The second-order valence-electron chi connectivity index (χ2n) is 6.03. The Hall–Kier alpha value is -1.10. The topological polar surface area (TPSA) is 45.2 Å². The molecule has 1 aromatic heterocycles. The number of nitrogens with zero attached hydrogens (tertiary/aromatic N) is 5. The van der Waals surface area contributed by atoms with E-state index in [9.17, 15) is 0 Å². The van der Waals surface area contributed by atoms with Crippen LogP contribution >= 0.6 is 11.6 Å². The molecule has 0 N–H and O–H groups in total. The normalized spacial score (nSPS) is 18.1. The molecule has 0 radical (unpaired) electrons. The molecule has 1 aliphatic rings. The SMILES string of the molecule is CCN(CC)c1nc(Cl)nc(N2CCC(C)(C)CC2)n1. The third-order valence-electron chi connectivity index (χ3n) is 4.03. The molecule has 0 aliphatic carbocycles. The first-order valence-electron chi connectivity index (χ1n) is 7.36. The molecule has 0 saturated carbocycles. The standard InChI is InChI=1S/C14H24ClN5/c1-5-19(6-2)12-16-11(15)17-13(18-12)20-9-7-14(3,4)8-10-20/h5-10H2,1-4H3.